The van der Waals surface area contributed by atoms with Crippen LogP contribution in [0.4, 0.5) is 10.1 Å². The molecule has 1 aliphatic heterocycles. The number of unbranched alkanes of at least 4 members (excludes halogenated alkanes) is 3. The van der Waals surface area contributed by atoms with Crippen molar-refractivity contribution >= 4 is 34.2 Å². The molecule has 0 aliphatic carbocycles. The Morgan fingerprint density at radius 3 is 2.61 bits per heavy atom. The molecule has 8 heteroatoms. The highest BCUT2D eigenvalue weighted by Gasteiger charge is 2.44. The van der Waals surface area contributed by atoms with Gasteiger partial charge in [0.1, 0.15) is 11.4 Å². The van der Waals surface area contributed by atoms with E-state index in [9.17, 15) is 14.0 Å². The maximum atomic E-state index is 14.1. The van der Waals surface area contributed by atoms with Crippen molar-refractivity contribution in [3.05, 3.63) is 98.6 Å². The van der Waals surface area contributed by atoms with Crippen molar-refractivity contribution in [3.8, 4) is 11.5 Å². The summed E-state index contributed by atoms with van der Waals surface area (Å²) in [5, 5.41) is 0.495. The SMILES string of the molecule is CCCCCCOc1ccc(C2c3c(oc4ccc(F)cc4c3=O)C(=O)N2c2cccc(Cl)c2)cc1OC. The number of anilines is 1. The summed E-state index contributed by atoms with van der Waals surface area (Å²) in [5.41, 5.74) is 0.890. The molecule has 196 valence electrons. The van der Waals surface area contributed by atoms with Gasteiger partial charge < -0.3 is 13.9 Å². The van der Waals surface area contributed by atoms with Gasteiger partial charge in [-0.05, 0) is 60.5 Å². The normalized spacial score (nSPS) is 14.7. The molecule has 1 unspecified atom stereocenters. The maximum Gasteiger partial charge on any atom is 0.295 e. The van der Waals surface area contributed by atoms with Crippen LogP contribution in [-0.2, 0) is 0 Å². The van der Waals surface area contributed by atoms with Crippen LogP contribution >= 0.6 is 11.6 Å². The van der Waals surface area contributed by atoms with Crippen LogP contribution in [0.25, 0.3) is 11.0 Å². The third-order valence-electron chi connectivity index (χ3n) is 6.68. The highest BCUT2D eigenvalue weighted by Crippen LogP contribution is 2.43. The molecule has 0 fully saturated rings. The Morgan fingerprint density at radius 2 is 1.84 bits per heavy atom. The van der Waals surface area contributed by atoms with Gasteiger partial charge >= 0.3 is 0 Å². The van der Waals surface area contributed by atoms with E-state index in [0.29, 0.717) is 34.4 Å². The maximum absolute atomic E-state index is 14.1. The van der Waals surface area contributed by atoms with Gasteiger partial charge in [-0.15, -0.1) is 0 Å². The quantitative estimate of drug-likeness (QED) is 0.210. The predicted molar refractivity (Wildman–Crippen MR) is 145 cm³/mol. The van der Waals surface area contributed by atoms with Crippen molar-refractivity contribution in [2.75, 3.05) is 18.6 Å². The molecular formula is C30H27ClFNO5. The van der Waals surface area contributed by atoms with E-state index in [0.717, 1.165) is 31.7 Å². The van der Waals surface area contributed by atoms with Crippen LogP contribution < -0.4 is 19.8 Å². The van der Waals surface area contributed by atoms with E-state index in [1.54, 1.807) is 42.5 Å². The van der Waals surface area contributed by atoms with Gasteiger partial charge in [-0.25, -0.2) is 4.39 Å². The molecule has 1 amide bonds. The first-order valence-corrected chi connectivity index (χ1v) is 13.0. The third kappa shape index (κ3) is 4.74. The summed E-state index contributed by atoms with van der Waals surface area (Å²) in [6, 6.07) is 14.9. The van der Waals surface area contributed by atoms with Crippen molar-refractivity contribution in [2.24, 2.45) is 0 Å². The number of rotatable bonds is 9. The first-order chi connectivity index (χ1) is 18.4. The number of nitrogens with zero attached hydrogens (tertiary/aromatic N) is 1. The molecule has 5 rings (SSSR count). The molecule has 6 nitrogen and oxygen atoms in total. The number of carbonyl (C=O) groups is 1. The lowest BCUT2D eigenvalue weighted by Crippen LogP contribution is -2.29. The van der Waals surface area contributed by atoms with Crippen molar-refractivity contribution in [1.29, 1.82) is 0 Å². The van der Waals surface area contributed by atoms with Gasteiger partial charge in [0.15, 0.2) is 16.9 Å². The lowest BCUT2D eigenvalue weighted by atomic mass is 9.97. The Kier molecular flexibility index (Phi) is 7.38. The summed E-state index contributed by atoms with van der Waals surface area (Å²) in [6.45, 7) is 2.71. The fourth-order valence-electron chi connectivity index (χ4n) is 4.84. The monoisotopic (exact) mass is 535 g/mol. The molecule has 1 aliphatic rings. The van der Waals surface area contributed by atoms with Gasteiger partial charge in [0.25, 0.3) is 5.91 Å². The van der Waals surface area contributed by atoms with E-state index in [2.05, 4.69) is 6.92 Å². The van der Waals surface area contributed by atoms with Crippen molar-refractivity contribution in [3.63, 3.8) is 0 Å². The predicted octanol–water partition coefficient (Wildman–Crippen LogP) is 7.30. The zero-order valence-corrected chi connectivity index (χ0v) is 21.9. The Bertz CT molecular complexity index is 1570. The molecule has 4 aromatic rings. The van der Waals surface area contributed by atoms with Gasteiger partial charge in [0.05, 0.1) is 30.7 Å². The summed E-state index contributed by atoms with van der Waals surface area (Å²) < 4.78 is 31.5. The van der Waals surface area contributed by atoms with Gasteiger partial charge in [0.2, 0.25) is 5.76 Å². The molecule has 0 N–H and O–H groups in total. The van der Waals surface area contributed by atoms with Crippen LogP contribution in [0.15, 0.2) is 69.9 Å². The Hall–Kier alpha value is -3.84. The first kappa shape index (κ1) is 25.8. The van der Waals surface area contributed by atoms with Crippen LogP contribution in [0.1, 0.15) is 60.3 Å². The number of fused-ring (bicyclic) bond motifs is 2. The summed E-state index contributed by atoms with van der Waals surface area (Å²) in [5.74, 6) is -0.111. The van der Waals surface area contributed by atoms with E-state index < -0.39 is 23.2 Å². The summed E-state index contributed by atoms with van der Waals surface area (Å²) in [6.07, 6.45) is 4.29. The van der Waals surface area contributed by atoms with Crippen LogP contribution in [0.2, 0.25) is 5.02 Å². The van der Waals surface area contributed by atoms with Crippen LogP contribution in [0, 0.1) is 5.82 Å². The van der Waals surface area contributed by atoms with E-state index in [1.165, 1.54) is 24.1 Å². The average molecular weight is 536 g/mol. The molecule has 3 aromatic carbocycles. The average Bonchev–Trinajstić information content (AvgIpc) is 3.21. The summed E-state index contributed by atoms with van der Waals surface area (Å²) in [4.78, 5) is 28.9. The fourth-order valence-corrected chi connectivity index (χ4v) is 5.02. The molecule has 0 bridgehead atoms. The van der Waals surface area contributed by atoms with E-state index in [-0.39, 0.29) is 22.3 Å². The molecule has 38 heavy (non-hydrogen) atoms. The number of carbonyl (C=O) groups excluding carboxylic acids is 1. The number of hydrogen-bond donors (Lipinski definition) is 0. The molecule has 2 heterocycles. The number of hydrogen-bond acceptors (Lipinski definition) is 5. The lowest BCUT2D eigenvalue weighted by Gasteiger charge is -2.26. The zero-order valence-electron chi connectivity index (χ0n) is 21.1. The zero-order chi connectivity index (χ0) is 26.8. The summed E-state index contributed by atoms with van der Waals surface area (Å²) >= 11 is 6.26. The minimum absolute atomic E-state index is 0.0634. The van der Waals surface area contributed by atoms with Crippen molar-refractivity contribution < 1.29 is 23.1 Å². The molecule has 1 atom stereocenters. The molecule has 0 radical (unpaired) electrons. The van der Waals surface area contributed by atoms with Gasteiger partial charge in [-0.1, -0.05) is 49.9 Å². The highest BCUT2D eigenvalue weighted by molar-refractivity contribution is 6.31. The van der Waals surface area contributed by atoms with E-state index >= 15 is 0 Å². The topological polar surface area (TPSA) is 69.0 Å². The fraction of sp³-hybridized carbons (Fsp3) is 0.267. The number of methoxy groups -OCH3 is 1. The second kappa shape index (κ2) is 10.9. The second-order valence-electron chi connectivity index (χ2n) is 9.19. The van der Waals surface area contributed by atoms with Crippen molar-refractivity contribution in [1.82, 2.24) is 0 Å². The van der Waals surface area contributed by atoms with Crippen LogP contribution in [-0.4, -0.2) is 19.6 Å². The second-order valence-corrected chi connectivity index (χ2v) is 9.63. The highest BCUT2D eigenvalue weighted by atomic mass is 35.5. The Morgan fingerprint density at radius 1 is 1.00 bits per heavy atom. The van der Waals surface area contributed by atoms with Gasteiger partial charge in [-0.2, -0.15) is 0 Å². The number of halogens is 2. The first-order valence-electron chi connectivity index (χ1n) is 12.6. The Labute approximate surface area is 224 Å². The molecular weight excluding hydrogens is 509 g/mol. The standard InChI is InChI=1S/C30H27ClFNO5/c1-3-4-5-6-14-37-24-12-10-18(15-25(24)36-2)27-26-28(34)22-17-20(32)11-13-23(22)38-29(26)30(35)33(27)21-9-7-8-19(31)16-21/h7-13,15-17,27H,3-6,14H2,1-2H3. The van der Waals surface area contributed by atoms with E-state index in [1.807, 2.05) is 0 Å². The number of amides is 1. The number of benzene rings is 3. The van der Waals surface area contributed by atoms with Crippen LogP contribution in [0.3, 0.4) is 0 Å². The smallest absolute Gasteiger partial charge is 0.295 e. The molecule has 0 saturated carbocycles. The van der Waals surface area contributed by atoms with E-state index in [4.69, 9.17) is 25.5 Å². The lowest BCUT2D eigenvalue weighted by molar-refractivity contribution is 0.0971. The molecule has 0 saturated heterocycles. The molecule has 1 aromatic heterocycles. The molecule has 0 spiro atoms. The third-order valence-corrected chi connectivity index (χ3v) is 6.91. The minimum atomic E-state index is -0.854. The van der Waals surface area contributed by atoms with Gasteiger partial charge in [0, 0.05) is 10.7 Å². The minimum Gasteiger partial charge on any atom is -0.493 e. The van der Waals surface area contributed by atoms with Gasteiger partial charge in [-0.3, -0.25) is 14.5 Å². The van der Waals surface area contributed by atoms with Crippen molar-refractivity contribution in [2.45, 2.75) is 38.6 Å². The van der Waals surface area contributed by atoms with Crippen LogP contribution in [0.5, 0.6) is 11.5 Å². The largest absolute Gasteiger partial charge is 0.493 e. The Balaban J connectivity index is 1.63. The summed E-state index contributed by atoms with van der Waals surface area (Å²) in [7, 11) is 1.54. The number of ether oxygens (including phenoxy) is 2.